The Morgan fingerprint density at radius 2 is 1.84 bits per heavy atom. The second-order valence-corrected chi connectivity index (χ2v) is 11.3. The van der Waals surface area contributed by atoms with Crippen molar-refractivity contribution in [3.63, 3.8) is 0 Å². The number of aromatic amines is 1. The zero-order valence-corrected chi connectivity index (χ0v) is 21.8. The van der Waals surface area contributed by atoms with Gasteiger partial charge in [-0.3, -0.25) is 14.6 Å². The van der Waals surface area contributed by atoms with Crippen LogP contribution in [-0.2, 0) is 26.2 Å². The molecule has 8 heteroatoms. The van der Waals surface area contributed by atoms with Crippen LogP contribution in [0.5, 0.6) is 0 Å². The molecule has 1 atom stereocenters. The van der Waals surface area contributed by atoms with Gasteiger partial charge in [-0.15, -0.1) is 0 Å². The third kappa shape index (κ3) is 5.64. The van der Waals surface area contributed by atoms with Crippen molar-refractivity contribution in [3.8, 4) is 0 Å². The number of hydrogen-bond acceptors (Lipinski definition) is 6. The number of hydrogen-bond donors (Lipinski definition) is 2. The topological polar surface area (TPSA) is 105 Å². The number of benzene rings is 2. The average molecular weight is 506 g/mol. The van der Waals surface area contributed by atoms with Gasteiger partial charge in [-0.1, -0.05) is 36.4 Å². The third-order valence-corrected chi connectivity index (χ3v) is 7.24. The molecule has 2 heterocycles. The van der Waals surface area contributed by atoms with E-state index in [0.717, 1.165) is 30.8 Å². The van der Waals surface area contributed by atoms with Crippen LogP contribution in [0.25, 0.3) is 11.1 Å². The smallest absolute Gasteiger partial charge is 0.417 e. The standard InChI is InChI=1S/C29H35N3O5/c1-28(2,3)37-24(33)16-20-15-21(17-22-25(20)36-27(35)31-22)29(11-12-29)26(34)30-23(18-32-13-7-8-14-32)19-9-5-4-6-10-19/h4-6,9-10,15,17,23H,7-8,11-14,16,18H2,1-3H3,(H,30,34)(H,31,35)/t23-/m1/s1. The number of esters is 1. The van der Waals surface area contributed by atoms with Crippen LogP contribution in [0.1, 0.15) is 69.2 Å². The molecule has 2 fully saturated rings. The maximum absolute atomic E-state index is 13.8. The van der Waals surface area contributed by atoms with Crippen LogP contribution in [0.3, 0.4) is 0 Å². The summed E-state index contributed by atoms with van der Waals surface area (Å²) in [6.45, 7) is 8.28. The highest BCUT2D eigenvalue weighted by Crippen LogP contribution is 2.49. The maximum atomic E-state index is 13.8. The van der Waals surface area contributed by atoms with Gasteiger partial charge in [-0.2, -0.15) is 0 Å². The fourth-order valence-electron chi connectivity index (χ4n) is 5.28. The number of oxazole rings is 1. The van der Waals surface area contributed by atoms with Crippen LogP contribution in [-0.4, -0.2) is 47.0 Å². The summed E-state index contributed by atoms with van der Waals surface area (Å²) in [4.78, 5) is 43.6. The minimum atomic E-state index is -0.705. The van der Waals surface area contributed by atoms with E-state index in [1.165, 1.54) is 12.8 Å². The van der Waals surface area contributed by atoms with Crippen molar-refractivity contribution < 1.29 is 18.7 Å². The van der Waals surface area contributed by atoms with Gasteiger partial charge < -0.3 is 19.4 Å². The minimum Gasteiger partial charge on any atom is -0.460 e. The van der Waals surface area contributed by atoms with Crippen molar-refractivity contribution in [2.75, 3.05) is 19.6 Å². The van der Waals surface area contributed by atoms with Crippen LogP contribution in [0, 0.1) is 0 Å². The van der Waals surface area contributed by atoms with Crippen molar-refractivity contribution in [1.29, 1.82) is 0 Å². The number of likely N-dealkylation sites (tertiary alicyclic amines) is 1. The Hall–Kier alpha value is -3.39. The number of H-pyrrole nitrogens is 1. The summed E-state index contributed by atoms with van der Waals surface area (Å²) in [6.07, 6.45) is 3.71. The number of fused-ring (bicyclic) bond motifs is 1. The largest absolute Gasteiger partial charge is 0.460 e. The van der Waals surface area contributed by atoms with E-state index >= 15 is 0 Å². The summed E-state index contributed by atoms with van der Waals surface area (Å²) in [5.41, 5.74) is 1.87. The third-order valence-electron chi connectivity index (χ3n) is 7.24. The molecule has 0 unspecified atom stereocenters. The number of amides is 1. The highest BCUT2D eigenvalue weighted by molar-refractivity contribution is 5.93. The zero-order chi connectivity index (χ0) is 26.2. The molecule has 1 aromatic heterocycles. The molecule has 2 N–H and O–H groups in total. The summed E-state index contributed by atoms with van der Waals surface area (Å²) >= 11 is 0. The molecule has 1 aliphatic heterocycles. The van der Waals surface area contributed by atoms with E-state index in [1.807, 2.05) is 51.1 Å². The molecular formula is C29H35N3O5. The second kappa shape index (κ2) is 9.82. The molecule has 0 bridgehead atoms. The summed E-state index contributed by atoms with van der Waals surface area (Å²) < 4.78 is 10.8. The highest BCUT2D eigenvalue weighted by Gasteiger charge is 2.52. The monoisotopic (exact) mass is 505 g/mol. The maximum Gasteiger partial charge on any atom is 0.417 e. The Kier molecular flexibility index (Phi) is 6.70. The summed E-state index contributed by atoms with van der Waals surface area (Å²) in [5.74, 6) is -1.05. The number of aromatic nitrogens is 1. The van der Waals surface area contributed by atoms with Gasteiger partial charge in [0, 0.05) is 12.1 Å². The van der Waals surface area contributed by atoms with Crippen molar-refractivity contribution in [3.05, 3.63) is 69.7 Å². The lowest BCUT2D eigenvalue weighted by atomic mass is 9.91. The molecule has 1 saturated heterocycles. The van der Waals surface area contributed by atoms with Crippen LogP contribution in [0.15, 0.2) is 51.7 Å². The quantitative estimate of drug-likeness (QED) is 0.449. The van der Waals surface area contributed by atoms with Crippen molar-refractivity contribution >= 4 is 23.0 Å². The van der Waals surface area contributed by atoms with Gasteiger partial charge in [0.25, 0.3) is 0 Å². The van der Waals surface area contributed by atoms with Gasteiger partial charge in [0.15, 0.2) is 5.58 Å². The molecule has 2 aromatic carbocycles. The minimum absolute atomic E-state index is 0.0334. The molecule has 0 radical (unpaired) electrons. The van der Waals surface area contributed by atoms with Crippen molar-refractivity contribution in [2.45, 2.75) is 69.9 Å². The van der Waals surface area contributed by atoms with Crippen LogP contribution in [0.4, 0.5) is 0 Å². The van der Waals surface area contributed by atoms with Gasteiger partial charge in [-0.25, -0.2) is 4.79 Å². The molecular weight excluding hydrogens is 470 g/mol. The van der Waals surface area contributed by atoms with E-state index in [1.54, 1.807) is 0 Å². The Balaban J connectivity index is 1.43. The van der Waals surface area contributed by atoms with E-state index in [2.05, 4.69) is 27.3 Å². The number of nitrogens with zero attached hydrogens (tertiary/aromatic N) is 1. The van der Waals surface area contributed by atoms with Gasteiger partial charge in [-0.05, 0) is 76.7 Å². The van der Waals surface area contributed by atoms with Gasteiger partial charge in [0.2, 0.25) is 5.91 Å². The first-order valence-electron chi connectivity index (χ1n) is 13.1. The molecule has 1 aliphatic carbocycles. The molecule has 5 rings (SSSR count). The van der Waals surface area contributed by atoms with Crippen LogP contribution in [0.2, 0.25) is 0 Å². The lowest BCUT2D eigenvalue weighted by molar-refractivity contribution is -0.153. The Bertz CT molecular complexity index is 1340. The number of carbonyl (C=O) groups is 2. The normalized spacial score (nSPS) is 18.0. The van der Waals surface area contributed by atoms with Crippen LogP contribution >= 0.6 is 0 Å². The molecule has 1 amide bonds. The second-order valence-electron chi connectivity index (χ2n) is 11.3. The molecule has 2 aliphatic rings. The van der Waals surface area contributed by atoms with E-state index < -0.39 is 22.7 Å². The summed E-state index contributed by atoms with van der Waals surface area (Å²) in [5, 5.41) is 3.34. The highest BCUT2D eigenvalue weighted by atomic mass is 16.6. The average Bonchev–Trinajstić information content (AvgIpc) is 3.32. The summed E-state index contributed by atoms with van der Waals surface area (Å²) in [6, 6.07) is 13.6. The number of rotatable bonds is 8. The first-order valence-corrected chi connectivity index (χ1v) is 13.1. The molecule has 1 saturated carbocycles. The lowest BCUT2D eigenvalue weighted by Gasteiger charge is -2.27. The SMILES string of the molecule is CC(C)(C)OC(=O)Cc1cc(C2(C(=O)N[C@H](CN3CCCC3)c3ccccc3)CC2)cc2[nH]c(=O)oc12. The van der Waals surface area contributed by atoms with Gasteiger partial charge in [0.1, 0.15) is 5.60 Å². The van der Waals surface area contributed by atoms with Gasteiger partial charge in [0.05, 0.1) is 23.4 Å². The predicted molar refractivity (Wildman–Crippen MR) is 140 cm³/mol. The zero-order valence-electron chi connectivity index (χ0n) is 21.8. The van der Waals surface area contributed by atoms with E-state index in [-0.39, 0.29) is 18.4 Å². The Morgan fingerprint density at radius 3 is 2.49 bits per heavy atom. The molecule has 196 valence electrons. The fraction of sp³-hybridized carbons (Fsp3) is 0.483. The van der Waals surface area contributed by atoms with E-state index in [4.69, 9.17) is 9.15 Å². The summed E-state index contributed by atoms with van der Waals surface area (Å²) in [7, 11) is 0. The molecule has 0 spiro atoms. The molecule has 37 heavy (non-hydrogen) atoms. The first kappa shape index (κ1) is 25.3. The number of carbonyl (C=O) groups excluding carboxylic acids is 2. The van der Waals surface area contributed by atoms with Crippen molar-refractivity contribution in [1.82, 2.24) is 15.2 Å². The van der Waals surface area contributed by atoms with Gasteiger partial charge >= 0.3 is 11.7 Å². The Labute approximate surface area is 216 Å². The fourth-order valence-corrected chi connectivity index (χ4v) is 5.28. The molecule has 3 aromatic rings. The lowest BCUT2D eigenvalue weighted by Crippen LogP contribution is -2.42. The molecule has 8 nitrogen and oxygen atoms in total. The first-order chi connectivity index (χ1) is 17.6. The predicted octanol–water partition coefficient (Wildman–Crippen LogP) is 3.99. The number of nitrogens with one attached hydrogen (secondary N) is 2. The Morgan fingerprint density at radius 1 is 1.14 bits per heavy atom. The number of ether oxygens (including phenoxy) is 1. The van der Waals surface area contributed by atoms with E-state index in [9.17, 15) is 14.4 Å². The van der Waals surface area contributed by atoms with E-state index in [0.29, 0.717) is 29.5 Å². The van der Waals surface area contributed by atoms with Crippen LogP contribution < -0.4 is 11.1 Å². The van der Waals surface area contributed by atoms with Crippen molar-refractivity contribution in [2.24, 2.45) is 0 Å².